The average molecular weight is 300 g/mol. The van der Waals surface area contributed by atoms with Gasteiger partial charge in [-0.1, -0.05) is 11.6 Å². The molecule has 3 aromatic rings. The molecule has 0 saturated heterocycles. The highest BCUT2D eigenvalue weighted by molar-refractivity contribution is 6.30. The number of halogens is 1. The number of carbonyl (C=O) groups excluding carboxylic acids is 1. The Morgan fingerprint density at radius 1 is 1.00 bits per heavy atom. The molecule has 5 heteroatoms. The van der Waals surface area contributed by atoms with Gasteiger partial charge in [-0.2, -0.15) is 0 Å². The van der Waals surface area contributed by atoms with E-state index >= 15 is 0 Å². The van der Waals surface area contributed by atoms with Crippen molar-refractivity contribution in [2.24, 2.45) is 0 Å². The summed E-state index contributed by atoms with van der Waals surface area (Å²) in [7, 11) is 0. The standard InChI is InChI=1S/C16H10ClNO3/c17-11-4-1-9(2-5-11)16(21)10-3-6-13-12(7-10)14(19)8-15(20)18-13/h1-8H,(H2,18,19,20). The predicted molar refractivity (Wildman–Crippen MR) is 81.1 cm³/mol. The Kier molecular flexibility index (Phi) is 3.23. The third-order valence-corrected chi connectivity index (χ3v) is 3.44. The normalized spacial score (nSPS) is 10.7. The van der Waals surface area contributed by atoms with E-state index in [-0.39, 0.29) is 11.5 Å². The van der Waals surface area contributed by atoms with E-state index < -0.39 is 5.56 Å². The van der Waals surface area contributed by atoms with Gasteiger partial charge in [0.15, 0.2) is 5.78 Å². The lowest BCUT2D eigenvalue weighted by atomic mass is 10.0. The molecule has 0 atom stereocenters. The minimum atomic E-state index is -0.392. The molecule has 0 aliphatic rings. The topological polar surface area (TPSA) is 70.2 Å². The first-order chi connectivity index (χ1) is 10.0. The van der Waals surface area contributed by atoms with E-state index in [1.807, 2.05) is 0 Å². The number of rotatable bonds is 2. The fourth-order valence-corrected chi connectivity index (χ4v) is 2.27. The fraction of sp³-hybridized carbons (Fsp3) is 0. The van der Waals surface area contributed by atoms with E-state index in [1.54, 1.807) is 42.5 Å². The number of benzene rings is 2. The summed E-state index contributed by atoms with van der Waals surface area (Å²) in [5.74, 6) is -0.335. The Morgan fingerprint density at radius 3 is 2.38 bits per heavy atom. The Hall–Kier alpha value is -2.59. The second-order valence-electron chi connectivity index (χ2n) is 4.62. The number of aromatic nitrogens is 1. The first kappa shape index (κ1) is 13.4. The van der Waals surface area contributed by atoms with Crippen LogP contribution in [-0.2, 0) is 0 Å². The van der Waals surface area contributed by atoms with Crippen LogP contribution in [0.15, 0.2) is 53.3 Å². The van der Waals surface area contributed by atoms with Crippen molar-refractivity contribution in [2.45, 2.75) is 0 Å². The minimum Gasteiger partial charge on any atom is -0.507 e. The van der Waals surface area contributed by atoms with E-state index in [9.17, 15) is 14.7 Å². The van der Waals surface area contributed by atoms with Crippen LogP contribution in [0.5, 0.6) is 5.75 Å². The number of aromatic amines is 1. The summed E-state index contributed by atoms with van der Waals surface area (Å²) in [5, 5.41) is 10.8. The zero-order valence-corrected chi connectivity index (χ0v) is 11.5. The van der Waals surface area contributed by atoms with Gasteiger partial charge in [0.05, 0.1) is 5.52 Å². The Balaban J connectivity index is 2.10. The van der Waals surface area contributed by atoms with Crippen LogP contribution in [0.2, 0.25) is 5.02 Å². The van der Waals surface area contributed by atoms with Gasteiger partial charge in [-0.05, 0) is 42.5 Å². The second-order valence-corrected chi connectivity index (χ2v) is 5.05. The van der Waals surface area contributed by atoms with E-state index in [0.717, 1.165) is 6.07 Å². The third-order valence-electron chi connectivity index (χ3n) is 3.19. The first-order valence-electron chi connectivity index (χ1n) is 6.21. The van der Waals surface area contributed by atoms with Gasteiger partial charge < -0.3 is 10.1 Å². The number of pyridine rings is 1. The molecule has 104 valence electrons. The van der Waals surface area contributed by atoms with E-state index in [4.69, 9.17) is 11.6 Å². The summed E-state index contributed by atoms with van der Waals surface area (Å²) in [5.41, 5.74) is 1.01. The molecule has 0 aliphatic carbocycles. The molecule has 2 aromatic carbocycles. The van der Waals surface area contributed by atoms with Crippen molar-refractivity contribution in [2.75, 3.05) is 0 Å². The smallest absolute Gasteiger partial charge is 0.252 e. The molecule has 0 unspecified atom stereocenters. The maximum absolute atomic E-state index is 12.4. The largest absolute Gasteiger partial charge is 0.507 e. The lowest BCUT2D eigenvalue weighted by Gasteiger charge is -2.05. The maximum Gasteiger partial charge on any atom is 0.252 e. The number of H-pyrrole nitrogens is 1. The van der Waals surface area contributed by atoms with Gasteiger partial charge in [0.2, 0.25) is 0 Å². The molecule has 0 aliphatic heterocycles. The Labute approximate surface area is 124 Å². The number of hydrogen-bond acceptors (Lipinski definition) is 3. The van der Waals surface area contributed by atoms with Crippen molar-refractivity contribution >= 4 is 28.3 Å². The van der Waals surface area contributed by atoms with Crippen molar-refractivity contribution in [3.05, 3.63) is 75.0 Å². The molecule has 1 aromatic heterocycles. The van der Waals surface area contributed by atoms with Crippen LogP contribution < -0.4 is 5.56 Å². The van der Waals surface area contributed by atoms with Gasteiger partial charge in [-0.25, -0.2) is 0 Å². The molecule has 1 heterocycles. The Morgan fingerprint density at radius 2 is 1.67 bits per heavy atom. The molecule has 2 N–H and O–H groups in total. The van der Waals surface area contributed by atoms with Crippen LogP contribution >= 0.6 is 11.6 Å². The molecule has 0 fully saturated rings. The van der Waals surface area contributed by atoms with Gasteiger partial charge in [0, 0.05) is 27.6 Å². The van der Waals surface area contributed by atoms with Gasteiger partial charge in [0.25, 0.3) is 5.56 Å². The summed E-state index contributed by atoms with van der Waals surface area (Å²) in [6, 6.07) is 12.4. The quantitative estimate of drug-likeness (QED) is 0.714. The van der Waals surface area contributed by atoms with E-state index in [2.05, 4.69) is 4.98 Å². The van der Waals surface area contributed by atoms with E-state index in [0.29, 0.717) is 27.1 Å². The summed E-state index contributed by atoms with van der Waals surface area (Å²) < 4.78 is 0. The monoisotopic (exact) mass is 299 g/mol. The molecule has 0 radical (unpaired) electrons. The Bertz CT molecular complexity index is 898. The molecule has 0 spiro atoms. The van der Waals surface area contributed by atoms with Crippen LogP contribution in [0.1, 0.15) is 15.9 Å². The van der Waals surface area contributed by atoms with Crippen LogP contribution in [0.25, 0.3) is 10.9 Å². The van der Waals surface area contributed by atoms with Gasteiger partial charge in [-0.15, -0.1) is 0 Å². The number of fused-ring (bicyclic) bond motifs is 1. The summed E-state index contributed by atoms with van der Waals surface area (Å²) >= 11 is 5.80. The second kappa shape index (κ2) is 5.07. The van der Waals surface area contributed by atoms with Crippen molar-refractivity contribution in [1.82, 2.24) is 4.98 Å². The molecule has 4 nitrogen and oxygen atoms in total. The third kappa shape index (κ3) is 2.53. The van der Waals surface area contributed by atoms with Crippen molar-refractivity contribution in [3.63, 3.8) is 0 Å². The number of nitrogens with one attached hydrogen (secondary N) is 1. The zero-order chi connectivity index (χ0) is 15.0. The molecule has 0 saturated carbocycles. The lowest BCUT2D eigenvalue weighted by molar-refractivity contribution is 0.103. The van der Waals surface area contributed by atoms with E-state index in [1.165, 1.54) is 0 Å². The highest BCUT2D eigenvalue weighted by atomic mass is 35.5. The zero-order valence-electron chi connectivity index (χ0n) is 10.8. The summed E-state index contributed by atoms with van der Waals surface area (Å²) in [6.07, 6.45) is 0. The molecular formula is C16H10ClNO3. The maximum atomic E-state index is 12.4. The van der Waals surface area contributed by atoms with Crippen LogP contribution in [0.4, 0.5) is 0 Å². The number of aromatic hydroxyl groups is 1. The lowest BCUT2D eigenvalue weighted by Crippen LogP contribution is -2.05. The number of carbonyl (C=O) groups is 1. The average Bonchev–Trinajstić information content (AvgIpc) is 2.47. The van der Waals surface area contributed by atoms with Crippen molar-refractivity contribution in [3.8, 4) is 5.75 Å². The van der Waals surface area contributed by atoms with Crippen molar-refractivity contribution in [1.29, 1.82) is 0 Å². The molecule has 21 heavy (non-hydrogen) atoms. The first-order valence-corrected chi connectivity index (χ1v) is 6.59. The highest BCUT2D eigenvalue weighted by Crippen LogP contribution is 2.23. The molecule has 3 rings (SSSR count). The minimum absolute atomic E-state index is 0.153. The van der Waals surface area contributed by atoms with Gasteiger partial charge in [0.1, 0.15) is 5.75 Å². The number of ketones is 1. The molecule has 0 amide bonds. The molecular weight excluding hydrogens is 290 g/mol. The fourth-order valence-electron chi connectivity index (χ4n) is 2.15. The van der Waals surface area contributed by atoms with Crippen LogP contribution in [-0.4, -0.2) is 15.9 Å². The van der Waals surface area contributed by atoms with Gasteiger partial charge in [-0.3, -0.25) is 9.59 Å². The van der Waals surface area contributed by atoms with Gasteiger partial charge >= 0.3 is 0 Å². The highest BCUT2D eigenvalue weighted by Gasteiger charge is 2.11. The predicted octanol–water partition coefficient (Wildman–Crippen LogP) is 3.12. The molecule has 0 bridgehead atoms. The van der Waals surface area contributed by atoms with Crippen LogP contribution in [0.3, 0.4) is 0 Å². The van der Waals surface area contributed by atoms with Crippen LogP contribution in [0, 0.1) is 0 Å². The van der Waals surface area contributed by atoms with Crippen molar-refractivity contribution < 1.29 is 9.90 Å². The number of hydrogen-bond donors (Lipinski definition) is 2. The summed E-state index contributed by atoms with van der Waals surface area (Å²) in [6.45, 7) is 0. The summed E-state index contributed by atoms with van der Waals surface area (Å²) in [4.78, 5) is 26.3. The SMILES string of the molecule is O=C(c1ccc(Cl)cc1)c1ccc2[nH]c(=O)cc(O)c2c1.